The normalized spacial score (nSPS) is 15.4. The predicted octanol–water partition coefficient (Wildman–Crippen LogP) is 3.63. The molecule has 0 unspecified atom stereocenters. The van der Waals surface area contributed by atoms with Crippen LogP contribution in [0.25, 0.3) is 0 Å². The molecule has 1 aromatic rings. The van der Waals surface area contributed by atoms with Gasteiger partial charge in [0, 0.05) is 18.7 Å². The van der Waals surface area contributed by atoms with Crippen molar-refractivity contribution in [1.29, 1.82) is 0 Å². The number of sulfonamides is 1. The lowest BCUT2D eigenvalue weighted by atomic mass is 9.91. The molecule has 1 fully saturated rings. The molecule has 0 saturated carbocycles. The molecule has 0 bridgehead atoms. The Hall–Kier alpha value is -2.34. The third-order valence-corrected chi connectivity index (χ3v) is 7.33. The number of ether oxygens (including phenoxy) is 1. The van der Waals surface area contributed by atoms with Gasteiger partial charge in [0.1, 0.15) is 0 Å². The van der Waals surface area contributed by atoms with Crippen molar-refractivity contribution in [2.24, 2.45) is 5.41 Å². The van der Waals surface area contributed by atoms with E-state index in [2.05, 4.69) is 0 Å². The smallest absolute Gasteiger partial charge is 0.378 e. The number of nitrogens with zero attached hydrogens (tertiary/aromatic N) is 2. The minimum atomic E-state index is -6.13. The van der Waals surface area contributed by atoms with Crippen LogP contribution in [0.2, 0.25) is 0 Å². The van der Waals surface area contributed by atoms with Gasteiger partial charge >= 0.3 is 21.5 Å². The van der Waals surface area contributed by atoms with Gasteiger partial charge in [0.05, 0.1) is 24.3 Å². The van der Waals surface area contributed by atoms with Crippen LogP contribution in [-0.2, 0) is 24.4 Å². The first-order valence-corrected chi connectivity index (χ1v) is 11.8. The standard InChI is InChI=1S/C21H29F3N2O6S/c1-7-20(5,6)19(28)32-26(33(29,30)21(22,23)24)17-12-16(14(3)13(2)15(17)4)18(27)25-8-10-31-11-9-25/h12H,7-11H2,1-6H3. The van der Waals surface area contributed by atoms with Crippen molar-refractivity contribution in [3.63, 3.8) is 0 Å². The summed E-state index contributed by atoms with van der Waals surface area (Å²) in [6.07, 6.45) is 0.193. The highest BCUT2D eigenvalue weighted by Gasteiger charge is 2.53. The summed E-state index contributed by atoms with van der Waals surface area (Å²) >= 11 is 0. The van der Waals surface area contributed by atoms with Crippen LogP contribution < -0.4 is 4.47 Å². The zero-order valence-electron chi connectivity index (χ0n) is 19.5. The molecule has 1 amide bonds. The molecule has 0 N–H and O–H groups in total. The van der Waals surface area contributed by atoms with E-state index in [1.165, 1.54) is 25.7 Å². The molecule has 0 aromatic heterocycles. The topological polar surface area (TPSA) is 93.2 Å². The number of benzene rings is 1. The molecular formula is C21H29F3N2O6S. The molecule has 0 spiro atoms. The summed E-state index contributed by atoms with van der Waals surface area (Å²) in [5, 5.41) is 0. The zero-order valence-corrected chi connectivity index (χ0v) is 20.3. The molecule has 1 aliphatic heterocycles. The van der Waals surface area contributed by atoms with E-state index in [0.717, 1.165) is 6.07 Å². The fourth-order valence-corrected chi connectivity index (χ4v) is 3.84. The minimum Gasteiger partial charge on any atom is -0.378 e. The van der Waals surface area contributed by atoms with E-state index in [1.807, 2.05) is 0 Å². The number of anilines is 1. The van der Waals surface area contributed by atoms with Gasteiger partial charge in [-0.3, -0.25) is 4.79 Å². The Labute approximate surface area is 191 Å². The summed E-state index contributed by atoms with van der Waals surface area (Å²) in [6, 6.07) is 1.03. The van der Waals surface area contributed by atoms with Crippen LogP contribution in [0.4, 0.5) is 18.9 Å². The van der Waals surface area contributed by atoms with Gasteiger partial charge in [-0.2, -0.15) is 21.6 Å². The number of carbonyl (C=O) groups excluding carboxylic acids is 2. The highest BCUT2D eigenvalue weighted by Crippen LogP contribution is 2.37. The molecule has 1 saturated heterocycles. The number of hydrogen-bond acceptors (Lipinski definition) is 6. The number of rotatable bonds is 6. The van der Waals surface area contributed by atoms with Crippen molar-refractivity contribution >= 4 is 27.6 Å². The van der Waals surface area contributed by atoms with E-state index in [0.29, 0.717) is 24.3 Å². The largest absolute Gasteiger partial charge is 0.519 e. The van der Waals surface area contributed by atoms with E-state index in [9.17, 15) is 31.2 Å². The monoisotopic (exact) mass is 494 g/mol. The third kappa shape index (κ3) is 5.26. The molecule has 8 nitrogen and oxygen atoms in total. The van der Waals surface area contributed by atoms with E-state index in [1.54, 1.807) is 20.8 Å². The van der Waals surface area contributed by atoms with Gasteiger partial charge in [0.25, 0.3) is 5.91 Å². The summed E-state index contributed by atoms with van der Waals surface area (Å²) in [7, 11) is -6.13. The SMILES string of the molecule is CCC(C)(C)C(=O)ON(c1cc(C(=O)N2CCOCC2)c(C)c(C)c1C)S(=O)(=O)C(F)(F)F. The Morgan fingerprint density at radius 2 is 1.64 bits per heavy atom. The van der Waals surface area contributed by atoms with Crippen LogP contribution in [0.1, 0.15) is 54.2 Å². The number of hydrogen-bond donors (Lipinski definition) is 0. The molecule has 12 heteroatoms. The van der Waals surface area contributed by atoms with E-state index >= 15 is 0 Å². The van der Waals surface area contributed by atoms with Crippen LogP contribution in [-0.4, -0.2) is 57.0 Å². The average molecular weight is 495 g/mol. The molecule has 1 heterocycles. The fourth-order valence-electron chi connectivity index (χ4n) is 3.04. The number of morpholine rings is 1. The number of alkyl halides is 3. The Morgan fingerprint density at radius 3 is 2.12 bits per heavy atom. The lowest BCUT2D eigenvalue weighted by Gasteiger charge is -2.31. The van der Waals surface area contributed by atoms with Gasteiger partial charge in [-0.25, -0.2) is 4.79 Å². The van der Waals surface area contributed by atoms with Gasteiger partial charge in [-0.15, -0.1) is 0 Å². The van der Waals surface area contributed by atoms with Crippen molar-refractivity contribution in [2.45, 2.75) is 53.5 Å². The molecule has 1 aliphatic rings. The second kappa shape index (κ2) is 9.49. The lowest BCUT2D eigenvalue weighted by molar-refractivity contribution is -0.153. The van der Waals surface area contributed by atoms with Gasteiger partial charge < -0.3 is 14.5 Å². The first kappa shape index (κ1) is 26.9. The summed E-state index contributed by atoms with van der Waals surface area (Å²) < 4.78 is 70.4. The molecule has 1 aromatic carbocycles. The molecular weight excluding hydrogens is 465 g/mol. The first-order valence-electron chi connectivity index (χ1n) is 10.4. The first-order chi connectivity index (χ1) is 15.1. The highest BCUT2D eigenvalue weighted by molar-refractivity contribution is 7.93. The molecule has 0 atom stereocenters. The van der Waals surface area contributed by atoms with Crippen molar-refractivity contribution in [1.82, 2.24) is 4.90 Å². The lowest BCUT2D eigenvalue weighted by Crippen LogP contribution is -2.45. The number of halogens is 3. The predicted molar refractivity (Wildman–Crippen MR) is 115 cm³/mol. The second-order valence-corrected chi connectivity index (χ2v) is 10.3. The molecule has 33 heavy (non-hydrogen) atoms. The molecule has 186 valence electrons. The molecule has 0 radical (unpaired) electrons. The second-order valence-electron chi connectivity index (χ2n) is 8.52. The van der Waals surface area contributed by atoms with Crippen LogP contribution in [0.15, 0.2) is 6.07 Å². The highest BCUT2D eigenvalue weighted by atomic mass is 32.2. The van der Waals surface area contributed by atoms with Crippen molar-refractivity contribution in [3.8, 4) is 0 Å². The average Bonchev–Trinajstić information content (AvgIpc) is 2.75. The van der Waals surface area contributed by atoms with E-state index in [4.69, 9.17) is 9.57 Å². The van der Waals surface area contributed by atoms with Gasteiger partial charge in [-0.1, -0.05) is 11.4 Å². The van der Waals surface area contributed by atoms with Crippen LogP contribution in [0.3, 0.4) is 0 Å². The maximum atomic E-state index is 13.5. The Kier molecular flexibility index (Phi) is 7.74. The minimum absolute atomic E-state index is 0.0168. The maximum Gasteiger partial charge on any atom is 0.519 e. The Morgan fingerprint density at radius 1 is 1.09 bits per heavy atom. The summed E-state index contributed by atoms with van der Waals surface area (Å²) in [5.74, 6) is -1.64. The Bertz CT molecular complexity index is 1030. The number of amides is 1. The quantitative estimate of drug-likeness (QED) is 0.561. The zero-order chi connectivity index (χ0) is 25.4. The number of carbonyl (C=O) groups is 2. The van der Waals surface area contributed by atoms with E-state index < -0.39 is 43.0 Å². The van der Waals surface area contributed by atoms with Gasteiger partial charge in [0.2, 0.25) is 0 Å². The van der Waals surface area contributed by atoms with Crippen molar-refractivity contribution in [3.05, 3.63) is 28.3 Å². The summed E-state index contributed by atoms with van der Waals surface area (Å²) in [4.78, 5) is 32.1. The van der Waals surface area contributed by atoms with Crippen molar-refractivity contribution in [2.75, 3.05) is 30.8 Å². The Balaban J connectivity index is 2.71. The fraction of sp³-hybridized carbons (Fsp3) is 0.619. The molecule has 2 rings (SSSR count). The van der Waals surface area contributed by atoms with Crippen LogP contribution in [0, 0.1) is 26.2 Å². The van der Waals surface area contributed by atoms with Gasteiger partial charge in [-0.05, 0) is 63.8 Å². The van der Waals surface area contributed by atoms with Crippen LogP contribution in [0.5, 0.6) is 0 Å². The summed E-state index contributed by atoms with van der Waals surface area (Å²) in [5.41, 5.74) is -6.52. The summed E-state index contributed by atoms with van der Waals surface area (Å²) in [6.45, 7) is 10.2. The molecule has 0 aliphatic carbocycles. The third-order valence-electron chi connectivity index (χ3n) is 6.03. The van der Waals surface area contributed by atoms with E-state index in [-0.39, 0.29) is 30.6 Å². The van der Waals surface area contributed by atoms with Gasteiger partial charge in [0.15, 0.2) is 0 Å². The maximum absolute atomic E-state index is 13.5. The van der Waals surface area contributed by atoms with Crippen LogP contribution >= 0.6 is 0 Å². The van der Waals surface area contributed by atoms with Crippen molar-refractivity contribution < 1.29 is 40.8 Å².